The molecule has 33 heavy (non-hydrogen) atoms. The summed E-state index contributed by atoms with van der Waals surface area (Å²) in [6.07, 6.45) is 1.37. The van der Waals surface area contributed by atoms with Crippen molar-refractivity contribution in [2.75, 3.05) is 11.9 Å². The number of amides is 2. The number of anilines is 1. The molecule has 3 aromatic rings. The quantitative estimate of drug-likeness (QED) is 0.190. The van der Waals surface area contributed by atoms with Crippen LogP contribution in [0.4, 0.5) is 5.69 Å². The monoisotopic (exact) mass is 445 g/mol. The van der Waals surface area contributed by atoms with E-state index in [0.29, 0.717) is 34.9 Å². The molecule has 8 heteroatoms. The van der Waals surface area contributed by atoms with Gasteiger partial charge < -0.3 is 14.8 Å². The van der Waals surface area contributed by atoms with Gasteiger partial charge in [-0.25, -0.2) is 10.2 Å². The Hall–Kier alpha value is -4.46. The fraction of sp³-hybridized carbons (Fsp3) is 0.120. The van der Waals surface area contributed by atoms with E-state index in [9.17, 15) is 14.4 Å². The smallest absolute Gasteiger partial charge is 0.343 e. The largest absolute Gasteiger partial charge is 0.494 e. The lowest BCUT2D eigenvalue weighted by molar-refractivity contribution is -0.136. The first-order chi connectivity index (χ1) is 15.9. The maximum absolute atomic E-state index is 12.3. The van der Waals surface area contributed by atoms with E-state index in [1.807, 2.05) is 26.0 Å². The Morgan fingerprint density at radius 1 is 0.848 bits per heavy atom. The lowest BCUT2D eigenvalue weighted by Crippen LogP contribution is -2.32. The SMILES string of the molecule is CCOc1ccc(C(=O)Oc2ccc(/C=N\NC(=O)C(=O)Nc3ccc(C)cc3)cc2)cc1. The summed E-state index contributed by atoms with van der Waals surface area (Å²) in [4.78, 5) is 36.0. The molecule has 0 aliphatic rings. The molecule has 2 N–H and O–H groups in total. The molecule has 0 aliphatic carbocycles. The summed E-state index contributed by atoms with van der Waals surface area (Å²) in [7, 11) is 0. The van der Waals surface area contributed by atoms with E-state index in [1.54, 1.807) is 60.7 Å². The van der Waals surface area contributed by atoms with Crippen LogP contribution in [0, 0.1) is 6.92 Å². The molecule has 8 nitrogen and oxygen atoms in total. The second-order valence-electron chi connectivity index (χ2n) is 6.94. The average molecular weight is 445 g/mol. The zero-order chi connectivity index (χ0) is 23.6. The highest BCUT2D eigenvalue weighted by Gasteiger charge is 2.12. The number of ether oxygens (including phenoxy) is 2. The number of carbonyl (C=O) groups excluding carboxylic acids is 3. The lowest BCUT2D eigenvalue weighted by Gasteiger charge is -2.06. The van der Waals surface area contributed by atoms with E-state index < -0.39 is 17.8 Å². The van der Waals surface area contributed by atoms with E-state index in [0.717, 1.165) is 5.56 Å². The Balaban J connectivity index is 1.49. The van der Waals surface area contributed by atoms with E-state index >= 15 is 0 Å². The average Bonchev–Trinajstić information content (AvgIpc) is 2.82. The number of hydrogen-bond acceptors (Lipinski definition) is 6. The topological polar surface area (TPSA) is 106 Å². The Morgan fingerprint density at radius 2 is 1.48 bits per heavy atom. The van der Waals surface area contributed by atoms with Gasteiger partial charge in [0.15, 0.2) is 0 Å². The standard InChI is InChI=1S/C25H23N3O5/c1-3-32-21-14-8-19(9-15-21)25(31)33-22-12-6-18(7-13-22)16-26-28-24(30)23(29)27-20-10-4-17(2)5-11-20/h4-16H,3H2,1-2H3,(H,27,29)(H,28,30)/b26-16-. The van der Waals surface area contributed by atoms with Gasteiger partial charge in [-0.2, -0.15) is 5.10 Å². The van der Waals surface area contributed by atoms with Crippen LogP contribution in [0.1, 0.15) is 28.4 Å². The van der Waals surface area contributed by atoms with Crippen LogP contribution in [0.2, 0.25) is 0 Å². The molecule has 2 amide bonds. The third-order valence-corrected chi connectivity index (χ3v) is 4.39. The van der Waals surface area contributed by atoms with Crippen molar-refractivity contribution in [3.05, 3.63) is 89.5 Å². The normalized spacial score (nSPS) is 10.5. The van der Waals surface area contributed by atoms with Crippen molar-refractivity contribution < 1.29 is 23.9 Å². The summed E-state index contributed by atoms with van der Waals surface area (Å²) < 4.78 is 10.7. The predicted molar refractivity (Wildman–Crippen MR) is 125 cm³/mol. The molecule has 0 unspecified atom stereocenters. The van der Waals surface area contributed by atoms with Gasteiger partial charge in [-0.15, -0.1) is 0 Å². The molecule has 168 valence electrons. The van der Waals surface area contributed by atoms with Crippen molar-refractivity contribution in [2.45, 2.75) is 13.8 Å². The number of esters is 1. The van der Waals surface area contributed by atoms with Crippen LogP contribution >= 0.6 is 0 Å². The molecular formula is C25H23N3O5. The van der Waals surface area contributed by atoms with Crippen LogP contribution in [0.25, 0.3) is 0 Å². The molecule has 3 aromatic carbocycles. The summed E-state index contributed by atoms with van der Waals surface area (Å²) in [5.74, 6) is -1.18. The second kappa shape index (κ2) is 11.2. The Morgan fingerprint density at radius 3 is 2.12 bits per heavy atom. The molecule has 0 aromatic heterocycles. The van der Waals surface area contributed by atoms with Gasteiger partial charge >= 0.3 is 17.8 Å². The van der Waals surface area contributed by atoms with Gasteiger partial charge in [-0.1, -0.05) is 17.7 Å². The first kappa shape index (κ1) is 23.2. The van der Waals surface area contributed by atoms with Gasteiger partial charge in [-0.05, 0) is 80.1 Å². The molecule has 3 rings (SSSR count). The van der Waals surface area contributed by atoms with Gasteiger partial charge in [0.2, 0.25) is 0 Å². The molecular weight excluding hydrogens is 422 g/mol. The van der Waals surface area contributed by atoms with Crippen molar-refractivity contribution in [1.82, 2.24) is 5.43 Å². The lowest BCUT2D eigenvalue weighted by atomic mass is 10.2. The van der Waals surface area contributed by atoms with Gasteiger partial charge in [-0.3, -0.25) is 9.59 Å². The third kappa shape index (κ3) is 7.03. The molecule has 0 aliphatic heterocycles. The van der Waals surface area contributed by atoms with Crippen molar-refractivity contribution >= 4 is 29.7 Å². The second-order valence-corrected chi connectivity index (χ2v) is 6.94. The minimum atomic E-state index is -0.896. The number of hydrogen-bond donors (Lipinski definition) is 2. The number of hydrazone groups is 1. The molecule has 0 fully saturated rings. The van der Waals surface area contributed by atoms with E-state index in [4.69, 9.17) is 9.47 Å². The van der Waals surface area contributed by atoms with E-state index in [-0.39, 0.29) is 0 Å². The number of aryl methyl sites for hydroxylation is 1. The fourth-order valence-electron chi connectivity index (χ4n) is 2.68. The van der Waals surface area contributed by atoms with Crippen LogP contribution < -0.4 is 20.2 Å². The maximum atomic E-state index is 12.3. The summed E-state index contributed by atoms with van der Waals surface area (Å²) in [5, 5.41) is 6.26. The fourth-order valence-corrected chi connectivity index (χ4v) is 2.68. The van der Waals surface area contributed by atoms with Crippen molar-refractivity contribution in [3.63, 3.8) is 0 Å². The van der Waals surface area contributed by atoms with Crippen LogP contribution in [-0.4, -0.2) is 30.6 Å². The molecule has 0 saturated heterocycles. The van der Waals surface area contributed by atoms with Crippen LogP contribution in [-0.2, 0) is 9.59 Å². The third-order valence-electron chi connectivity index (χ3n) is 4.39. The number of nitrogens with zero attached hydrogens (tertiary/aromatic N) is 1. The minimum Gasteiger partial charge on any atom is -0.494 e. The molecule has 0 atom stereocenters. The first-order valence-corrected chi connectivity index (χ1v) is 10.2. The predicted octanol–water partition coefficient (Wildman–Crippen LogP) is 3.70. The van der Waals surface area contributed by atoms with Crippen molar-refractivity contribution in [1.29, 1.82) is 0 Å². The Bertz CT molecular complexity index is 1140. The molecule has 0 saturated carbocycles. The van der Waals surface area contributed by atoms with Gasteiger partial charge in [0.25, 0.3) is 0 Å². The van der Waals surface area contributed by atoms with Gasteiger partial charge in [0.1, 0.15) is 11.5 Å². The molecule has 0 radical (unpaired) electrons. The highest BCUT2D eigenvalue weighted by atomic mass is 16.5. The van der Waals surface area contributed by atoms with Crippen LogP contribution in [0.3, 0.4) is 0 Å². The highest BCUT2D eigenvalue weighted by Crippen LogP contribution is 2.16. The van der Waals surface area contributed by atoms with Crippen LogP contribution in [0.15, 0.2) is 77.9 Å². The highest BCUT2D eigenvalue weighted by molar-refractivity contribution is 6.39. The maximum Gasteiger partial charge on any atom is 0.343 e. The summed E-state index contributed by atoms with van der Waals surface area (Å²) in [6, 6.07) is 20.2. The zero-order valence-electron chi connectivity index (χ0n) is 18.2. The van der Waals surface area contributed by atoms with Crippen LogP contribution in [0.5, 0.6) is 11.5 Å². The minimum absolute atomic E-state index is 0.354. The number of benzene rings is 3. The van der Waals surface area contributed by atoms with Crippen molar-refractivity contribution in [2.24, 2.45) is 5.10 Å². The molecule has 0 heterocycles. The summed E-state index contributed by atoms with van der Waals surface area (Å²) in [5.41, 5.74) is 4.76. The Kier molecular flexibility index (Phi) is 7.91. The van der Waals surface area contributed by atoms with Crippen molar-refractivity contribution in [3.8, 4) is 11.5 Å². The Labute approximate surface area is 191 Å². The number of nitrogens with one attached hydrogen (secondary N) is 2. The number of carbonyl (C=O) groups is 3. The van der Waals surface area contributed by atoms with E-state index in [1.165, 1.54) is 6.21 Å². The molecule has 0 spiro atoms. The first-order valence-electron chi connectivity index (χ1n) is 10.2. The molecule has 0 bridgehead atoms. The summed E-state index contributed by atoms with van der Waals surface area (Å²) in [6.45, 7) is 4.35. The van der Waals surface area contributed by atoms with Gasteiger partial charge in [0, 0.05) is 5.69 Å². The zero-order valence-corrected chi connectivity index (χ0v) is 18.2. The summed E-state index contributed by atoms with van der Waals surface area (Å²) >= 11 is 0. The number of rotatable bonds is 7. The van der Waals surface area contributed by atoms with Gasteiger partial charge in [0.05, 0.1) is 18.4 Å². The van der Waals surface area contributed by atoms with E-state index in [2.05, 4.69) is 15.8 Å².